The minimum absolute atomic E-state index is 0.0266. The standard InChI is InChI=1S/C15H21FN2O/c16-13-6-2-1-4-11(13)8-9-18-15(19)10-12-5-3-7-14(12)17/h1-2,4,6,12,14H,3,5,7-10,17H2,(H,18,19)/t12-,14+/m0/s1. The van der Waals surface area contributed by atoms with E-state index >= 15 is 0 Å². The molecule has 0 aromatic heterocycles. The number of rotatable bonds is 5. The van der Waals surface area contributed by atoms with E-state index in [0.29, 0.717) is 30.9 Å². The van der Waals surface area contributed by atoms with Crippen molar-refractivity contribution in [3.8, 4) is 0 Å². The minimum atomic E-state index is -0.213. The summed E-state index contributed by atoms with van der Waals surface area (Å²) in [5.74, 6) is 0.127. The van der Waals surface area contributed by atoms with Crippen LogP contribution in [0.1, 0.15) is 31.2 Å². The van der Waals surface area contributed by atoms with Crippen LogP contribution >= 0.6 is 0 Å². The molecule has 0 spiro atoms. The second kappa shape index (κ2) is 6.66. The molecule has 1 aliphatic carbocycles. The predicted octanol–water partition coefficient (Wildman–Crippen LogP) is 2.00. The van der Waals surface area contributed by atoms with E-state index in [1.807, 2.05) is 0 Å². The van der Waals surface area contributed by atoms with Crippen molar-refractivity contribution in [2.45, 2.75) is 38.1 Å². The predicted molar refractivity (Wildman–Crippen MR) is 73.0 cm³/mol. The Labute approximate surface area is 113 Å². The molecule has 0 saturated heterocycles. The van der Waals surface area contributed by atoms with Gasteiger partial charge in [-0.2, -0.15) is 0 Å². The van der Waals surface area contributed by atoms with Crippen molar-refractivity contribution in [1.29, 1.82) is 0 Å². The molecule has 1 saturated carbocycles. The summed E-state index contributed by atoms with van der Waals surface area (Å²) in [7, 11) is 0. The lowest BCUT2D eigenvalue weighted by atomic mass is 10.00. The molecule has 1 aromatic carbocycles. The van der Waals surface area contributed by atoms with Crippen molar-refractivity contribution < 1.29 is 9.18 Å². The van der Waals surface area contributed by atoms with E-state index < -0.39 is 0 Å². The van der Waals surface area contributed by atoms with E-state index in [0.717, 1.165) is 19.3 Å². The fourth-order valence-corrected chi connectivity index (χ4v) is 2.67. The minimum Gasteiger partial charge on any atom is -0.356 e. The van der Waals surface area contributed by atoms with Crippen LogP contribution in [0.3, 0.4) is 0 Å². The summed E-state index contributed by atoms with van der Waals surface area (Å²) in [5.41, 5.74) is 6.58. The molecular formula is C15H21FN2O. The van der Waals surface area contributed by atoms with E-state index in [9.17, 15) is 9.18 Å². The number of carbonyl (C=O) groups is 1. The third kappa shape index (κ3) is 4.03. The number of carbonyl (C=O) groups excluding carboxylic acids is 1. The number of nitrogens with one attached hydrogen (secondary N) is 1. The van der Waals surface area contributed by atoms with Crippen LogP contribution in [0, 0.1) is 11.7 Å². The molecular weight excluding hydrogens is 243 g/mol. The third-order valence-corrected chi connectivity index (χ3v) is 3.84. The molecule has 104 valence electrons. The lowest BCUT2D eigenvalue weighted by Gasteiger charge is -2.14. The van der Waals surface area contributed by atoms with Gasteiger partial charge in [0, 0.05) is 19.0 Å². The lowest BCUT2D eigenvalue weighted by Crippen LogP contribution is -2.32. The molecule has 0 radical (unpaired) electrons. The molecule has 1 aliphatic rings. The molecule has 19 heavy (non-hydrogen) atoms. The fourth-order valence-electron chi connectivity index (χ4n) is 2.67. The van der Waals surface area contributed by atoms with Crippen molar-refractivity contribution in [2.75, 3.05) is 6.54 Å². The Morgan fingerprint density at radius 3 is 2.84 bits per heavy atom. The van der Waals surface area contributed by atoms with E-state index in [1.165, 1.54) is 6.07 Å². The molecule has 1 aromatic rings. The van der Waals surface area contributed by atoms with Gasteiger partial charge in [0.15, 0.2) is 0 Å². The molecule has 0 aliphatic heterocycles. The van der Waals surface area contributed by atoms with E-state index in [1.54, 1.807) is 18.2 Å². The molecule has 0 heterocycles. The summed E-state index contributed by atoms with van der Waals surface area (Å²) < 4.78 is 13.4. The first kappa shape index (κ1) is 14.0. The SMILES string of the molecule is N[C@@H]1CCC[C@H]1CC(=O)NCCc1ccccc1F. The lowest BCUT2D eigenvalue weighted by molar-refractivity contribution is -0.122. The van der Waals surface area contributed by atoms with Gasteiger partial charge in [0.1, 0.15) is 5.82 Å². The van der Waals surface area contributed by atoms with Crippen molar-refractivity contribution in [2.24, 2.45) is 11.7 Å². The summed E-state index contributed by atoms with van der Waals surface area (Å²) >= 11 is 0. The monoisotopic (exact) mass is 264 g/mol. The van der Waals surface area contributed by atoms with Crippen LogP contribution in [-0.2, 0) is 11.2 Å². The summed E-state index contributed by atoms with van der Waals surface area (Å²) in [5, 5.41) is 2.84. The average molecular weight is 264 g/mol. The summed E-state index contributed by atoms with van der Waals surface area (Å²) in [4.78, 5) is 11.8. The summed E-state index contributed by atoms with van der Waals surface area (Å²) in [6, 6.07) is 6.82. The van der Waals surface area contributed by atoms with Gasteiger partial charge in [0.2, 0.25) is 5.91 Å². The van der Waals surface area contributed by atoms with Gasteiger partial charge in [-0.15, -0.1) is 0 Å². The summed E-state index contributed by atoms with van der Waals surface area (Å²) in [6.07, 6.45) is 4.21. The summed E-state index contributed by atoms with van der Waals surface area (Å²) in [6.45, 7) is 0.474. The first-order valence-corrected chi connectivity index (χ1v) is 6.92. The maximum Gasteiger partial charge on any atom is 0.220 e. The van der Waals surface area contributed by atoms with Gasteiger partial charge in [-0.1, -0.05) is 24.6 Å². The van der Waals surface area contributed by atoms with E-state index in [-0.39, 0.29) is 17.8 Å². The van der Waals surface area contributed by atoms with Gasteiger partial charge in [-0.3, -0.25) is 4.79 Å². The van der Waals surface area contributed by atoms with Crippen LogP contribution in [0.15, 0.2) is 24.3 Å². The van der Waals surface area contributed by atoms with Crippen molar-refractivity contribution in [3.05, 3.63) is 35.6 Å². The normalized spacial score (nSPS) is 22.4. The van der Waals surface area contributed by atoms with Crippen LogP contribution in [0.5, 0.6) is 0 Å². The van der Waals surface area contributed by atoms with Gasteiger partial charge in [-0.05, 0) is 36.8 Å². The zero-order valence-electron chi connectivity index (χ0n) is 11.1. The Morgan fingerprint density at radius 2 is 2.16 bits per heavy atom. The molecule has 2 atom stereocenters. The Balaban J connectivity index is 1.71. The number of benzene rings is 1. The van der Waals surface area contributed by atoms with Gasteiger partial charge < -0.3 is 11.1 Å². The first-order chi connectivity index (χ1) is 9.16. The Morgan fingerprint density at radius 1 is 1.37 bits per heavy atom. The van der Waals surface area contributed by atoms with Crippen LogP contribution in [0.4, 0.5) is 4.39 Å². The van der Waals surface area contributed by atoms with Crippen molar-refractivity contribution in [3.63, 3.8) is 0 Å². The van der Waals surface area contributed by atoms with Crippen LogP contribution in [0.2, 0.25) is 0 Å². The zero-order chi connectivity index (χ0) is 13.7. The van der Waals surface area contributed by atoms with Gasteiger partial charge in [0.25, 0.3) is 0 Å². The quantitative estimate of drug-likeness (QED) is 0.854. The van der Waals surface area contributed by atoms with Crippen LogP contribution in [0.25, 0.3) is 0 Å². The smallest absolute Gasteiger partial charge is 0.220 e. The topological polar surface area (TPSA) is 55.1 Å². The van der Waals surface area contributed by atoms with Gasteiger partial charge in [0.05, 0.1) is 0 Å². The second-order valence-electron chi connectivity index (χ2n) is 5.25. The van der Waals surface area contributed by atoms with Crippen molar-refractivity contribution >= 4 is 5.91 Å². The molecule has 3 nitrogen and oxygen atoms in total. The maximum atomic E-state index is 13.4. The van der Waals surface area contributed by atoms with Crippen molar-refractivity contribution in [1.82, 2.24) is 5.32 Å². The number of hydrogen-bond acceptors (Lipinski definition) is 2. The molecule has 3 N–H and O–H groups in total. The first-order valence-electron chi connectivity index (χ1n) is 6.92. The molecule has 1 amide bonds. The number of amides is 1. The molecule has 4 heteroatoms. The molecule has 0 unspecified atom stereocenters. The fraction of sp³-hybridized carbons (Fsp3) is 0.533. The highest BCUT2D eigenvalue weighted by Crippen LogP contribution is 2.26. The number of hydrogen-bond donors (Lipinski definition) is 2. The van der Waals surface area contributed by atoms with E-state index in [4.69, 9.17) is 5.73 Å². The third-order valence-electron chi connectivity index (χ3n) is 3.84. The van der Waals surface area contributed by atoms with Crippen LogP contribution < -0.4 is 11.1 Å². The zero-order valence-corrected chi connectivity index (χ0v) is 11.1. The average Bonchev–Trinajstić information content (AvgIpc) is 2.77. The Kier molecular flexibility index (Phi) is 4.91. The second-order valence-corrected chi connectivity index (χ2v) is 5.25. The number of nitrogens with two attached hydrogens (primary N) is 1. The Hall–Kier alpha value is -1.42. The molecule has 1 fully saturated rings. The highest BCUT2D eigenvalue weighted by atomic mass is 19.1. The Bertz CT molecular complexity index is 436. The molecule has 0 bridgehead atoms. The number of halogens is 1. The van der Waals surface area contributed by atoms with Gasteiger partial charge >= 0.3 is 0 Å². The highest BCUT2D eigenvalue weighted by molar-refractivity contribution is 5.76. The van der Waals surface area contributed by atoms with E-state index in [2.05, 4.69) is 5.32 Å². The van der Waals surface area contributed by atoms with Gasteiger partial charge in [-0.25, -0.2) is 4.39 Å². The molecule has 2 rings (SSSR count). The maximum absolute atomic E-state index is 13.4. The van der Waals surface area contributed by atoms with Crippen LogP contribution in [-0.4, -0.2) is 18.5 Å². The largest absolute Gasteiger partial charge is 0.356 e. The highest BCUT2D eigenvalue weighted by Gasteiger charge is 2.25.